The number of hydrogen-bond donors (Lipinski definition) is 2. The molecule has 0 spiro atoms. The maximum Gasteiger partial charge on any atom is 0.251 e. The van der Waals surface area contributed by atoms with Crippen LogP contribution >= 0.6 is 22.6 Å². The second-order valence-electron chi connectivity index (χ2n) is 3.40. The van der Waals surface area contributed by atoms with Crippen molar-refractivity contribution in [2.45, 2.75) is 26.2 Å². The van der Waals surface area contributed by atoms with Crippen molar-refractivity contribution in [2.24, 2.45) is 0 Å². The molecule has 1 aromatic rings. The summed E-state index contributed by atoms with van der Waals surface area (Å²) in [5.41, 5.74) is 0. The predicted octanol–water partition coefficient (Wildman–Crippen LogP) is 2.16. The summed E-state index contributed by atoms with van der Waals surface area (Å²) in [4.78, 5) is 11.4. The van der Waals surface area contributed by atoms with Gasteiger partial charge in [-0.2, -0.15) is 5.10 Å². The van der Waals surface area contributed by atoms with Crippen LogP contribution in [0.5, 0.6) is 0 Å². The quantitative estimate of drug-likeness (QED) is 0.592. The van der Waals surface area contributed by atoms with Crippen LogP contribution in [-0.4, -0.2) is 29.3 Å². The zero-order valence-corrected chi connectivity index (χ0v) is 11.4. The first kappa shape index (κ1) is 13.4. The van der Waals surface area contributed by atoms with E-state index < -0.39 is 0 Å². The Labute approximate surface area is 108 Å². The van der Waals surface area contributed by atoms with E-state index in [0.29, 0.717) is 12.4 Å². The minimum atomic E-state index is -0.154. The first-order chi connectivity index (χ1) is 7.74. The SMILES string of the molecule is CCCCCOCC(=O)Nc1[nH]ncc1I. The van der Waals surface area contributed by atoms with Gasteiger partial charge in [0, 0.05) is 6.61 Å². The summed E-state index contributed by atoms with van der Waals surface area (Å²) in [6, 6.07) is 0. The highest BCUT2D eigenvalue weighted by atomic mass is 127. The Morgan fingerprint density at radius 2 is 2.44 bits per heavy atom. The lowest BCUT2D eigenvalue weighted by atomic mass is 10.3. The van der Waals surface area contributed by atoms with Crippen LogP contribution in [-0.2, 0) is 9.53 Å². The molecular formula is C10H16IN3O2. The van der Waals surface area contributed by atoms with Crippen LogP contribution in [0.15, 0.2) is 6.20 Å². The van der Waals surface area contributed by atoms with Crippen molar-refractivity contribution in [3.63, 3.8) is 0 Å². The number of anilines is 1. The van der Waals surface area contributed by atoms with E-state index in [1.165, 1.54) is 0 Å². The van der Waals surface area contributed by atoms with Gasteiger partial charge in [0.05, 0.1) is 9.77 Å². The van der Waals surface area contributed by atoms with Crippen molar-refractivity contribution >= 4 is 34.3 Å². The van der Waals surface area contributed by atoms with Crippen LogP contribution < -0.4 is 5.32 Å². The fraction of sp³-hybridized carbons (Fsp3) is 0.600. The number of halogens is 1. The maximum atomic E-state index is 11.4. The van der Waals surface area contributed by atoms with Gasteiger partial charge in [0.15, 0.2) is 0 Å². The van der Waals surface area contributed by atoms with E-state index in [1.54, 1.807) is 6.20 Å². The first-order valence-corrected chi connectivity index (χ1v) is 6.38. The first-order valence-electron chi connectivity index (χ1n) is 5.30. The normalized spacial score (nSPS) is 10.4. The molecule has 0 aliphatic heterocycles. The van der Waals surface area contributed by atoms with Crippen molar-refractivity contribution in [3.05, 3.63) is 9.77 Å². The lowest BCUT2D eigenvalue weighted by Crippen LogP contribution is -2.19. The lowest BCUT2D eigenvalue weighted by molar-refractivity contribution is -0.120. The van der Waals surface area contributed by atoms with E-state index in [9.17, 15) is 4.79 Å². The van der Waals surface area contributed by atoms with Crippen molar-refractivity contribution in [1.29, 1.82) is 0 Å². The summed E-state index contributed by atoms with van der Waals surface area (Å²) < 4.78 is 6.12. The topological polar surface area (TPSA) is 67.0 Å². The highest BCUT2D eigenvalue weighted by Gasteiger charge is 2.06. The molecule has 0 bridgehead atoms. The van der Waals surface area contributed by atoms with Gasteiger partial charge in [-0.3, -0.25) is 9.89 Å². The monoisotopic (exact) mass is 337 g/mol. The maximum absolute atomic E-state index is 11.4. The standard InChI is InChI=1S/C10H16IN3O2/c1-2-3-4-5-16-7-9(15)13-10-8(11)6-12-14-10/h6H,2-5,7H2,1H3,(H2,12,13,14,15). The van der Waals surface area contributed by atoms with Crippen molar-refractivity contribution in [3.8, 4) is 0 Å². The molecule has 2 N–H and O–H groups in total. The van der Waals surface area contributed by atoms with E-state index in [-0.39, 0.29) is 12.5 Å². The number of aromatic nitrogens is 2. The molecule has 1 rings (SSSR count). The third-order valence-electron chi connectivity index (χ3n) is 1.98. The number of nitrogens with one attached hydrogen (secondary N) is 2. The molecule has 90 valence electrons. The van der Waals surface area contributed by atoms with Gasteiger partial charge in [0.2, 0.25) is 0 Å². The largest absolute Gasteiger partial charge is 0.372 e. The average Bonchev–Trinajstić information content (AvgIpc) is 2.64. The number of carbonyl (C=O) groups is 1. The smallest absolute Gasteiger partial charge is 0.251 e. The van der Waals surface area contributed by atoms with Gasteiger partial charge < -0.3 is 10.1 Å². The number of nitrogens with zero attached hydrogens (tertiary/aromatic N) is 1. The van der Waals surface area contributed by atoms with Crippen LogP contribution in [0.25, 0.3) is 0 Å². The summed E-state index contributed by atoms with van der Waals surface area (Å²) in [5.74, 6) is 0.474. The van der Waals surface area contributed by atoms with Crippen LogP contribution in [0, 0.1) is 3.57 Å². The average molecular weight is 337 g/mol. The second kappa shape index (κ2) is 7.61. The minimum absolute atomic E-state index is 0.0960. The number of carbonyl (C=O) groups excluding carboxylic acids is 1. The van der Waals surface area contributed by atoms with Gasteiger partial charge in [-0.25, -0.2) is 0 Å². The highest BCUT2D eigenvalue weighted by molar-refractivity contribution is 14.1. The zero-order chi connectivity index (χ0) is 11.8. The molecule has 1 amide bonds. The molecule has 0 unspecified atom stereocenters. The Hall–Kier alpha value is -0.630. The van der Waals surface area contributed by atoms with Crippen molar-refractivity contribution < 1.29 is 9.53 Å². The zero-order valence-electron chi connectivity index (χ0n) is 9.25. The summed E-state index contributed by atoms with van der Waals surface area (Å²) in [6.45, 7) is 2.87. The molecule has 0 saturated carbocycles. The summed E-state index contributed by atoms with van der Waals surface area (Å²) >= 11 is 2.10. The Balaban J connectivity index is 2.14. The third-order valence-corrected chi connectivity index (χ3v) is 2.80. The fourth-order valence-corrected chi connectivity index (χ4v) is 1.55. The minimum Gasteiger partial charge on any atom is -0.372 e. The molecule has 0 aliphatic carbocycles. The van der Waals surface area contributed by atoms with Gasteiger partial charge in [-0.15, -0.1) is 0 Å². The number of rotatable bonds is 7. The van der Waals surface area contributed by atoms with Crippen LogP contribution in [0.4, 0.5) is 5.82 Å². The number of amides is 1. The van der Waals surface area contributed by atoms with E-state index in [0.717, 1.165) is 22.8 Å². The Morgan fingerprint density at radius 3 is 3.06 bits per heavy atom. The van der Waals surface area contributed by atoms with Gasteiger partial charge in [0.1, 0.15) is 12.4 Å². The number of H-pyrrole nitrogens is 1. The fourth-order valence-electron chi connectivity index (χ4n) is 1.15. The molecular weight excluding hydrogens is 321 g/mol. The Morgan fingerprint density at radius 1 is 1.62 bits per heavy atom. The van der Waals surface area contributed by atoms with Crippen LogP contribution in [0.1, 0.15) is 26.2 Å². The molecule has 0 aromatic carbocycles. The van der Waals surface area contributed by atoms with Gasteiger partial charge in [-0.1, -0.05) is 19.8 Å². The molecule has 0 radical (unpaired) electrons. The second-order valence-corrected chi connectivity index (χ2v) is 4.56. The van der Waals surface area contributed by atoms with Crippen molar-refractivity contribution in [1.82, 2.24) is 10.2 Å². The third kappa shape index (κ3) is 4.93. The molecule has 6 heteroatoms. The number of hydrogen-bond acceptors (Lipinski definition) is 3. The van der Waals surface area contributed by atoms with E-state index >= 15 is 0 Å². The molecule has 1 heterocycles. The van der Waals surface area contributed by atoms with Gasteiger partial charge in [-0.05, 0) is 29.0 Å². The number of unbranched alkanes of at least 4 members (excludes halogenated alkanes) is 2. The number of ether oxygens (including phenoxy) is 1. The molecule has 16 heavy (non-hydrogen) atoms. The molecule has 1 aromatic heterocycles. The Bertz CT molecular complexity index is 328. The molecule has 0 aliphatic rings. The molecule has 0 fully saturated rings. The van der Waals surface area contributed by atoms with E-state index in [1.807, 2.05) is 0 Å². The van der Waals surface area contributed by atoms with Gasteiger partial charge >= 0.3 is 0 Å². The summed E-state index contributed by atoms with van der Waals surface area (Å²) in [7, 11) is 0. The van der Waals surface area contributed by atoms with Crippen LogP contribution in [0.3, 0.4) is 0 Å². The van der Waals surface area contributed by atoms with Gasteiger partial charge in [0.25, 0.3) is 5.91 Å². The van der Waals surface area contributed by atoms with Crippen molar-refractivity contribution in [2.75, 3.05) is 18.5 Å². The lowest BCUT2D eigenvalue weighted by Gasteiger charge is -2.04. The number of aromatic amines is 1. The van der Waals surface area contributed by atoms with E-state index in [2.05, 4.69) is 45.0 Å². The van der Waals surface area contributed by atoms with Crippen LogP contribution in [0.2, 0.25) is 0 Å². The Kier molecular flexibility index (Phi) is 6.39. The molecule has 0 atom stereocenters. The van der Waals surface area contributed by atoms with E-state index in [4.69, 9.17) is 4.74 Å². The molecule has 0 saturated heterocycles. The highest BCUT2D eigenvalue weighted by Crippen LogP contribution is 2.12. The summed E-state index contributed by atoms with van der Waals surface area (Å²) in [5, 5.41) is 9.20. The molecule has 5 nitrogen and oxygen atoms in total. The summed E-state index contributed by atoms with van der Waals surface area (Å²) in [6.07, 6.45) is 4.95. The predicted molar refractivity (Wildman–Crippen MR) is 70.3 cm³/mol.